The molecule has 0 bridgehead atoms. The summed E-state index contributed by atoms with van der Waals surface area (Å²) >= 11 is 0. The number of esters is 1. The maximum absolute atomic E-state index is 12.4. The van der Waals surface area contributed by atoms with Crippen LogP contribution in [0.15, 0.2) is 4.52 Å². The van der Waals surface area contributed by atoms with Crippen LogP contribution in [0.4, 0.5) is 0 Å². The molecule has 1 unspecified atom stereocenters. The van der Waals surface area contributed by atoms with Gasteiger partial charge in [-0.3, -0.25) is 14.4 Å². The van der Waals surface area contributed by atoms with E-state index >= 15 is 0 Å². The number of nitrogens with zero attached hydrogens (tertiary/aromatic N) is 3. The summed E-state index contributed by atoms with van der Waals surface area (Å²) in [6.45, 7) is 0.518. The number of methoxy groups -OCH3 is 1. The molecule has 9 nitrogen and oxygen atoms in total. The van der Waals surface area contributed by atoms with E-state index in [4.69, 9.17) is 4.52 Å². The molecule has 3 rings (SSSR count). The molecular weight excluding hydrogens is 378 g/mol. The monoisotopic (exact) mass is 407 g/mol. The Morgan fingerprint density at radius 3 is 2.62 bits per heavy atom. The average Bonchev–Trinajstić information content (AvgIpc) is 3.16. The zero-order valence-corrected chi connectivity index (χ0v) is 16.8. The number of ether oxygens (including phenoxy) is 1. The molecule has 2 heterocycles. The second-order valence-electron chi connectivity index (χ2n) is 8.12. The number of rotatable bonds is 9. The van der Waals surface area contributed by atoms with E-state index in [0.717, 1.165) is 18.8 Å². The van der Waals surface area contributed by atoms with Crippen LogP contribution >= 0.6 is 0 Å². The van der Waals surface area contributed by atoms with Crippen molar-refractivity contribution in [1.29, 1.82) is 0 Å². The van der Waals surface area contributed by atoms with Gasteiger partial charge in [0.1, 0.15) is 0 Å². The van der Waals surface area contributed by atoms with Crippen LogP contribution in [0.3, 0.4) is 0 Å². The molecule has 1 aromatic heterocycles. The van der Waals surface area contributed by atoms with Gasteiger partial charge in [-0.2, -0.15) is 4.98 Å². The van der Waals surface area contributed by atoms with Gasteiger partial charge in [-0.25, -0.2) is 0 Å². The Morgan fingerprint density at radius 2 is 1.97 bits per heavy atom. The summed E-state index contributed by atoms with van der Waals surface area (Å²) in [5.74, 6) is -1.58. The standard InChI is InChI=1S/C20H29N3O6/c1-28-20(27)15-11-23(12-15)19(26)17-21-18(29-22-17)14(10-16(24)25)9-5-8-13-6-3-2-4-7-13/h13-15H,2-12H2,1H3,(H,24,25). The zero-order chi connectivity index (χ0) is 20.8. The van der Waals surface area contributed by atoms with Gasteiger partial charge in [-0.15, -0.1) is 0 Å². The van der Waals surface area contributed by atoms with E-state index < -0.39 is 17.8 Å². The maximum Gasteiger partial charge on any atom is 0.312 e. The molecule has 0 spiro atoms. The Balaban J connectivity index is 1.54. The normalized spacial score (nSPS) is 18.9. The highest BCUT2D eigenvalue weighted by atomic mass is 16.5. The summed E-state index contributed by atoms with van der Waals surface area (Å²) in [4.78, 5) is 40.8. The van der Waals surface area contributed by atoms with Gasteiger partial charge in [0, 0.05) is 19.0 Å². The molecule has 9 heteroatoms. The fraction of sp³-hybridized carbons (Fsp3) is 0.750. The Bertz CT molecular complexity index is 722. The number of carbonyl (C=O) groups excluding carboxylic acids is 2. The minimum Gasteiger partial charge on any atom is -0.481 e. The van der Waals surface area contributed by atoms with E-state index in [2.05, 4.69) is 14.9 Å². The molecule has 1 saturated carbocycles. The first-order valence-electron chi connectivity index (χ1n) is 10.4. The van der Waals surface area contributed by atoms with Crippen molar-refractivity contribution in [2.75, 3.05) is 20.2 Å². The molecule has 0 aromatic carbocycles. The third kappa shape index (κ3) is 5.55. The van der Waals surface area contributed by atoms with Gasteiger partial charge in [0.2, 0.25) is 5.89 Å². The first kappa shape index (κ1) is 21.3. The number of aliphatic carboxylic acids is 1. The smallest absolute Gasteiger partial charge is 0.312 e. The van der Waals surface area contributed by atoms with Gasteiger partial charge in [0.15, 0.2) is 0 Å². The number of hydrogen-bond acceptors (Lipinski definition) is 7. The summed E-state index contributed by atoms with van der Waals surface area (Å²) in [5.41, 5.74) is 0. The van der Waals surface area contributed by atoms with Gasteiger partial charge in [0.05, 0.1) is 19.4 Å². The zero-order valence-electron chi connectivity index (χ0n) is 16.8. The number of carbonyl (C=O) groups is 3. The molecule has 2 fully saturated rings. The molecule has 1 amide bonds. The van der Waals surface area contributed by atoms with E-state index in [1.807, 2.05) is 0 Å². The van der Waals surface area contributed by atoms with Crippen molar-refractivity contribution in [3.05, 3.63) is 11.7 Å². The molecular formula is C20H29N3O6. The predicted molar refractivity (Wildman–Crippen MR) is 101 cm³/mol. The molecule has 1 N–H and O–H groups in total. The summed E-state index contributed by atoms with van der Waals surface area (Å²) in [6, 6.07) is 0. The van der Waals surface area contributed by atoms with Crippen molar-refractivity contribution in [1.82, 2.24) is 15.0 Å². The minimum absolute atomic E-state index is 0.0917. The maximum atomic E-state index is 12.4. The molecule has 0 radical (unpaired) electrons. The van der Waals surface area contributed by atoms with E-state index in [-0.39, 0.29) is 43.1 Å². The second kappa shape index (κ2) is 9.84. The van der Waals surface area contributed by atoms with Crippen LogP contribution in [-0.4, -0.2) is 58.2 Å². The summed E-state index contributed by atoms with van der Waals surface area (Å²) < 4.78 is 9.90. The van der Waals surface area contributed by atoms with E-state index in [1.165, 1.54) is 44.1 Å². The van der Waals surface area contributed by atoms with Crippen LogP contribution < -0.4 is 0 Å². The molecule has 1 aliphatic heterocycles. The Hall–Kier alpha value is -2.45. The van der Waals surface area contributed by atoms with Gasteiger partial charge >= 0.3 is 11.9 Å². The lowest BCUT2D eigenvalue weighted by Crippen LogP contribution is -2.53. The van der Waals surface area contributed by atoms with Crippen molar-refractivity contribution in [2.45, 2.75) is 63.7 Å². The highest BCUT2D eigenvalue weighted by molar-refractivity contribution is 5.92. The Morgan fingerprint density at radius 1 is 1.24 bits per heavy atom. The summed E-state index contributed by atoms with van der Waals surface area (Å²) in [7, 11) is 1.31. The highest BCUT2D eigenvalue weighted by Crippen LogP contribution is 2.31. The lowest BCUT2D eigenvalue weighted by Gasteiger charge is -2.36. The molecule has 1 aliphatic carbocycles. The van der Waals surface area contributed by atoms with E-state index in [9.17, 15) is 19.5 Å². The van der Waals surface area contributed by atoms with Crippen LogP contribution in [0.1, 0.15) is 80.2 Å². The predicted octanol–water partition coefficient (Wildman–Crippen LogP) is 2.62. The fourth-order valence-corrected chi connectivity index (χ4v) is 4.24. The summed E-state index contributed by atoms with van der Waals surface area (Å²) in [5, 5.41) is 13.0. The number of amides is 1. The number of hydrogen-bond donors (Lipinski definition) is 1. The quantitative estimate of drug-likeness (QED) is 0.620. The molecule has 1 saturated heterocycles. The molecule has 2 aliphatic rings. The first-order chi connectivity index (χ1) is 14.0. The number of carboxylic acids is 1. The lowest BCUT2D eigenvalue weighted by molar-refractivity contribution is -0.150. The van der Waals surface area contributed by atoms with E-state index in [1.54, 1.807) is 0 Å². The molecule has 1 atom stereocenters. The number of likely N-dealkylation sites (tertiary alicyclic amines) is 1. The first-order valence-corrected chi connectivity index (χ1v) is 10.4. The van der Waals surface area contributed by atoms with Gasteiger partial charge in [-0.1, -0.05) is 50.1 Å². The van der Waals surface area contributed by atoms with Crippen LogP contribution in [0.5, 0.6) is 0 Å². The van der Waals surface area contributed by atoms with Crippen molar-refractivity contribution in [2.24, 2.45) is 11.8 Å². The third-order valence-electron chi connectivity index (χ3n) is 6.00. The topological polar surface area (TPSA) is 123 Å². The molecule has 160 valence electrons. The molecule has 1 aromatic rings. The summed E-state index contributed by atoms with van der Waals surface area (Å²) in [6.07, 6.45) is 8.92. The highest BCUT2D eigenvalue weighted by Gasteiger charge is 2.38. The number of carboxylic acid groups (broad SMARTS) is 1. The molecule has 29 heavy (non-hydrogen) atoms. The van der Waals surface area contributed by atoms with E-state index in [0.29, 0.717) is 6.42 Å². The van der Waals surface area contributed by atoms with Crippen LogP contribution in [0.25, 0.3) is 0 Å². The van der Waals surface area contributed by atoms with Crippen LogP contribution in [0.2, 0.25) is 0 Å². The van der Waals surface area contributed by atoms with Crippen molar-refractivity contribution in [3.8, 4) is 0 Å². The van der Waals surface area contributed by atoms with Crippen LogP contribution in [0, 0.1) is 11.8 Å². The van der Waals surface area contributed by atoms with Crippen molar-refractivity contribution in [3.63, 3.8) is 0 Å². The van der Waals surface area contributed by atoms with Gasteiger partial charge in [0.25, 0.3) is 11.7 Å². The third-order valence-corrected chi connectivity index (χ3v) is 6.00. The number of aromatic nitrogens is 2. The van der Waals surface area contributed by atoms with Gasteiger partial charge < -0.3 is 19.3 Å². The minimum atomic E-state index is -0.928. The van der Waals surface area contributed by atoms with Gasteiger partial charge in [-0.05, 0) is 12.3 Å². The Kier molecular flexibility index (Phi) is 7.22. The fourth-order valence-electron chi connectivity index (χ4n) is 4.24. The largest absolute Gasteiger partial charge is 0.481 e. The van der Waals surface area contributed by atoms with Crippen molar-refractivity contribution >= 4 is 17.8 Å². The lowest BCUT2D eigenvalue weighted by atomic mass is 9.84. The second-order valence-corrected chi connectivity index (χ2v) is 8.12. The van der Waals surface area contributed by atoms with Crippen LogP contribution in [-0.2, 0) is 14.3 Å². The Labute approximate surface area is 169 Å². The van der Waals surface area contributed by atoms with Crippen molar-refractivity contribution < 1.29 is 28.8 Å². The SMILES string of the molecule is COC(=O)C1CN(C(=O)c2noc(C(CCCC3CCCCC3)CC(=O)O)n2)C1. The average molecular weight is 407 g/mol.